The third-order valence-corrected chi connectivity index (χ3v) is 5.04. The van der Waals surface area contributed by atoms with E-state index in [-0.39, 0.29) is 10.9 Å². The summed E-state index contributed by atoms with van der Waals surface area (Å²) in [5.41, 5.74) is 1.06. The number of hydrogen-bond acceptors (Lipinski definition) is 3. The van der Waals surface area contributed by atoms with Gasteiger partial charge in [-0.1, -0.05) is 18.2 Å². The molecule has 0 aliphatic heterocycles. The van der Waals surface area contributed by atoms with E-state index in [9.17, 15) is 8.42 Å². The molecule has 0 spiro atoms. The van der Waals surface area contributed by atoms with Crippen LogP contribution in [0, 0.1) is 11.3 Å². The summed E-state index contributed by atoms with van der Waals surface area (Å²) < 4.78 is 27.0. The van der Waals surface area contributed by atoms with E-state index < -0.39 is 10.0 Å². The molecular formula is C16H16N2O2S. The summed E-state index contributed by atoms with van der Waals surface area (Å²) in [6.45, 7) is 3.66. The number of nitrogens with zero attached hydrogens (tertiary/aromatic N) is 2. The van der Waals surface area contributed by atoms with Crippen molar-refractivity contribution in [2.75, 3.05) is 4.31 Å². The van der Waals surface area contributed by atoms with Crippen molar-refractivity contribution in [1.29, 1.82) is 5.26 Å². The summed E-state index contributed by atoms with van der Waals surface area (Å²) in [6, 6.07) is 16.7. The zero-order valence-corrected chi connectivity index (χ0v) is 12.7. The van der Waals surface area contributed by atoms with Gasteiger partial charge in [0.05, 0.1) is 22.2 Å². The third kappa shape index (κ3) is 3.06. The number of sulfonamides is 1. The highest BCUT2D eigenvalue weighted by molar-refractivity contribution is 7.92. The summed E-state index contributed by atoms with van der Waals surface area (Å²) in [4.78, 5) is 0.180. The molecule has 4 nitrogen and oxygen atoms in total. The topological polar surface area (TPSA) is 61.2 Å². The Balaban J connectivity index is 2.50. The van der Waals surface area contributed by atoms with Crippen LogP contribution < -0.4 is 4.31 Å². The van der Waals surface area contributed by atoms with Gasteiger partial charge in [0.25, 0.3) is 10.0 Å². The lowest BCUT2D eigenvalue weighted by molar-refractivity contribution is 0.584. The Morgan fingerprint density at radius 2 is 1.57 bits per heavy atom. The first kappa shape index (κ1) is 15.1. The minimum atomic E-state index is -3.65. The Kier molecular flexibility index (Phi) is 4.29. The Labute approximate surface area is 125 Å². The number of benzene rings is 2. The molecule has 0 radical (unpaired) electrons. The predicted molar refractivity (Wildman–Crippen MR) is 82.4 cm³/mol. The first-order valence-electron chi connectivity index (χ1n) is 6.56. The first-order valence-corrected chi connectivity index (χ1v) is 8.00. The highest BCUT2D eigenvalue weighted by Crippen LogP contribution is 2.25. The maximum Gasteiger partial charge on any atom is 0.264 e. The molecule has 0 heterocycles. The molecule has 21 heavy (non-hydrogen) atoms. The van der Waals surface area contributed by atoms with Crippen LogP contribution in [0.3, 0.4) is 0 Å². The van der Waals surface area contributed by atoms with Crippen molar-refractivity contribution in [1.82, 2.24) is 0 Å². The number of rotatable bonds is 4. The van der Waals surface area contributed by atoms with E-state index in [0.29, 0.717) is 11.3 Å². The lowest BCUT2D eigenvalue weighted by Gasteiger charge is -2.28. The SMILES string of the molecule is CC(C)N(c1ccccc1)S(=O)(=O)c1ccc(C#N)cc1. The number of anilines is 1. The molecule has 0 saturated carbocycles. The first-order chi connectivity index (χ1) is 9.96. The average molecular weight is 300 g/mol. The second-order valence-electron chi connectivity index (χ2n) is 4.87. The summed E-state index contributed by atoms with van der Waals surface area (Å²) >= 11 is 0. The van der Waals surface area contributed by atoms with Gasteiger partial charge in [-0.2, -0.15) is 5.26 Å². The quantitative estimate of drug-likeness (QED) is 0.871. The molecule has 0 amide bonds. The van der Waals surface area contributed by atoms with E-state index in [4.69, 9.17) is 5.26 Å². The van der Waals surface area contributed by atoms with Crippen LogP contribution >= 0.6 is 0 Å². The second-order valence-corrected chi connectivity index (χ2v) is 6.68. The van der Waals surface area contributed by atoms with Gasteiger partial charge in [-0.3, -0.25) is 4.31 Å². The van der Waals surface area contributed by atoms with Gasteiger partial charge in [-0.25, -0.2) is 8.42 Å². The Morgan fingerprint density at radius 1 is 1.00 bits per heavy atom. The van der Waals surface area contributed by atoms with Crippen molar-refractivity contribution >= 4 is 15.7 Å². The van der Waals surface area contributed by atoms with E-state index in [0.717, 1.165) is 0 Å². The molecule has 2 aromatic rings. The largest absolute Gasteiger partial charge is 0.264 e. The highest BCUT2D eigenvalue weighted by Gasteiger charge is 2.27. The van der Waals surface area contributed by atoms with Gasteiger partial charge < -0.3 is 0 Å². The molecule has 0 unspecified atom stereocenters. The molecule has 0 aliphatic carbocycles. The molecule has 0 bridgehead atoms. The van der Waals surface area contributed by atoms with E-state index in [1.165, 1.54) is 28.6 Å². The monoisotopic (exact) mass is 300 g/mol. The van der Waals surface area contributed by atoms with Crippen LogP contribution in [-0.2, 0) is 10.0 Å². The van der Waals surface area contributed by atoms with E-state index in [1.54, 1.807) is 24.3 Å². The van der Waals surface area contributed by atoms with Gasteiger partial charge in [0, 0.05) is 6.04 Å². The summed E-state index contributed by atoms with van der Waals surface area (Å²) in [6.07, 6.45) is 0. The van der Waals surface area contributed by atoms with Crippen LogP contribution in [0.25, 0.3) is 0 Å². The van der Waals surface area contributed by atoms with Crippen LogP contribution in [0.15, 0.2) is 59.5 Å². The van der Waals surface area contributed by atoms with Crippen molar-refractivity contribution in [3.8, 4) is 6.07 Å². The van der Waals surface area contributed by atoms with E-state index in [1.807, 2.05) is 26.0 Å². The molecule has 0 aliphatic rings. The zero-order valence-electron chi connectivity index (χ0n) is 11.9. The molecule has 0 saturated heterocycles. The van der Waals surface area contributed by atoms with Crippen molar-refractivity contribution in [2.45, 2.75) is 24.8 Å². The molecule has 0 fully saturated rings. The van der Waals surface area contributed by atoms with Gasteiger partial charge in [0.2, 0.25) is 0 Å². The van der Waals surface area contributed by atoms with Crippen molar-refractivity contribution in [2.24, 2.45) is 0 Å². The molecular weight excluding hydrogens is 284 g/mol. The molecule has 0 aromatic heterocycles. The summed E-state index contributed by atoms with van der Waals surface area (Å²) in [5, 5.41) is 8.80. The molecule has 5 heteroatoms. The maximum absolute atomic E-state index is 12.8. The van der Waals surface area contributed by atoms with Gasteiger partial charge in [-0.05, 0) is 50.2 Å². The molecule has 2 aromatic carbocycles. The molecule has 2 rings (SSSR count). The van der Waals surface area contributed by atoms with Crippen LogP contribution in [0.4, 0.5) is 5.69 Å². The van der Waals surface area contributed by atoms with Crippen LogP contribution in [0.2, 0.25) is 0 Å². The van der Waals surface area contributed by atoms with E-state index in [2.05, 4.69) is 0 Å². The van der Waals surface area contributed by atoms with Crippen LogP contribution in [0.5, 0.6) is 0 Å². The van der Waals surface area contributed by atoms with Crippen molar-refractivity contribution < 1.29 is 8.42 Å². The number of para-hydroxylation sites is 1. The van der Waals surface area contributed by atoms with Crippen molar-refractivity contribution in [3.05, 3.63) is 60.2 Å². The lowest BCUT2D eigenvalue weighted by Crippen LogP contribution is -2.36. The standard InChI is InChI=1S/C16H16N2O2S/c1-13(2)18(15-6-4-3-5-7-15)21(19,20)16-10-8-14(12-17)9-11-16/h3-11,13H,1-2H3. The molecule has 0 atom stereocenters. The van der Waals surface area contributed by atoms with Crippen molar-refractivity contribution in [3.63, 3.8) is 0 Å². The van der Waals surface area contributed by atoms with Crippen LogP contribution in [0.1, 0.15) is 19.4 Å². The van der Waals surface area contributed by atoms with Crippen LogP contribution in [-0.4, -0.2) is 14.5 Å². The van der Waals surface area contributed by atoms with Gasteiger partial charge >= 0.3 is 0 Å². The number of hydrogen-bond donors (Lipinski definition) is 0. The van der Waals surface area contributed by atoms with E-state index >= 15 is 0 Å². The predicted octanol–water partition coefficient (Wildman–Crippen LogP) is 3.16. The minimum Gasteiger partial charge on any atom is -0.264 e. The Bertz CT molecular complexity index is 745. The summed E-state index contributed by atoms with van der Waals surface area (Å²) in [7, 11) is -3.65. The highest BCUT2D eigenvalue weighted by atomic mass is 32.2. The van der Waals surface area contributed by atoms with Gasteiger partial charge in [-0.15, -0.1) is 0 Å². The zero-order chi connectivity index (χ0) is 15.5. The molecule has 0 N–H and O–H groups in total. The normalized spacial score (nSPS) is 11.1. The average Bonchev–Trinajstić information content (AvgIpc) is 2.48. The third-order valence-electron chi connectivity index (χ3n) is 3.02. The lowest BCUT2D eigenvalue weighted by atomic mass is 10.2. The Hall–Kier alpha value is -2.32. The maximum atomic E-state index is 12.8. The second kappa shape index (κ2) is 5.98. The molecule has 108 valence electrons. The van der Waals surface area contributed by atoms with Gasteiger partial charge in [0.15, 0.2) is 0 Å². The Morgan fingerprint density at radius 3 is 2.05 bits per heavy atom. The summed E-state index contributed by atoms with van der Waals surface area (Å²) in [5.74, 6) is 0. The fourth-order valence-electron chi connectivity index (χ4n) is 2.10. The smallest absolute Gasteiger partial charge is 0.264 e. The fourth-order valence-corrected chi connectivity index (χ4v) is 3.77. The van der Waals surface area contributed by atoms with Gasteiger partial charge in [0.1, 0.15) is 0 Å². The number of nitriles is 1. The minimum absolute atomic E-state index is 0.180. The fraction of sp³-hybridized carbons (Fsp3) is 0.188.